The number of amides is 2. The molecule has 2 atom stereocenters. The Bertz CT molecular complexity index is 1660. The number of carboxylic acid groups (broad SMARTS) is 1. The van der Waals surface area contributed by atoms with Gasteiger partial charge in [0.1, 0.15) is 11.3 Å². The lowest BCUT2D eigenvalue weighted by Gasteiger charge is -2.42. The van der Waals surface area contributed by atoms with E-state index in [-0.39, 0.29) is 30.8 Å². The summed E-state index contributed by atoms with van der Waals surface area (Å²) in [6, 6.07) is 8.41. The van der Waals surface area contributed by atoms with Crippen molar-refractivity contribution in [2.45, 2.75) is 32.4 Å². The molecule has 2 unspecified atom stereocenters. The predicted octanol–water partition coefficient (Wildman–Crippen LogP) is 2.89. The molecule has 1 aliphatic heterocycles. The molecule has 13 nitrogen and oxygen atoms in total. The van der Waals surface area contributed by atoms with Gasteiger partial charge in [0.25, 0.3) is 16.0 Å². The molecule has 1 fully saturated rings. The molecular weight excluding hydrogens is 516 g/mol. The topological polar surface area (TPSA) is 169 Å². The first-order valence-electron chi connectivity index (χ1n) is 11.6. The highest BCUT2D eigenvalue weighted by atomic mass is 32.2. The van der Waals surface area contributed by atoms with Gasteiger partial charge in [0.05, 0.1) is 25.0 Å². The third-order valence-electron chi connectivity index (χ3n) is 6.46. The number of likely N-dealkylation sites (tertiary alicyclic amines) is 1. The van der Waals surface area contributed by atoms with Crippen LogP contribution >= 0.6 is 0 Å². The van der Waals surface area contributed by atoms with E-state index in [2.05, 4.69) is 20.4 Å². The van der Waals surface area contributed by atoms with E-state index in [0.717, 1.165) is 11.8 Å². The fourth-order valence-electron chi connectivity index (χ4n) is 4.18. The van der Waals surface area contributed by atoms with E-state index in [1.165, 1.54) is 11.1 Å². The zero-order chi connectivity index (χ0) is 27.2. The van der Waals surface area contributed by atoms with E-state index >= 15 is 0 Å². The Morgan fingerprint density at radius 3 is 2.76 bits per heavy atom. The lowest BCUT2D eigenvalue weighted by molar-refractivity contribution is 0.0533. The van der Waals surface area contributed by atoms with Gasteiger partial charge in [-0.1, -0.05) is 23.4 Å². The number of nitrogens with one attached hydrogen (secondary N) is 1. The first-order valence-corrected chi connectivity index (χ1v) is 13.4. The van der Waals surface area contributed by atoms with E-state index in [1.54, 1.807) is 41.8 Å². The SMILES string of the molecule is Cc1ccc(-c2noc(C3CN(C(=O)O)C3C)n2)cc1NC(=O)c1cnc2ccc(COS(C)(=O)=O)cn12. The second kappa shape index (κ2) is 9.54. The zero-order valence-corrected chi connectivity index (χ0v) is 21.5. The highest BCUT2D eigenvalue weighted by Crippen LogP contribution is 2.34. The van der Waals surface area contributed by atoms with Crippen LogP contribution in [0.15, 0.2) is 47.2 Å². The van der Waals surface area contributed by atoms with Crippen LogP contribution in [-0.4, -0.2) is 68.8 Å². The normalized spacial score (nSPS) is 17.4. The summed E-state index contributed by atoms with van der Waals surface area (Å²) in [5.41, 5.74) is 3.24. The minimum Gasteiger partial charge on any atom is -0.465 e. The summed E-state index contributed by atoms with van der Waals surface area (Å²) < 4.78 is 34.4. The van der Waals surface area contributed by atoms with Crippen molar-refractivity contribution >= 4 is 33.5 Å². The Kier molecular flexibility index (Phi) is 6.36. The fraction of sp³-hybridized carbons (Fsp3) is 0.292. The quantitative estimate of drug-likeness (QED) is 0.332. The van der Waals surface area contributed by atoms with Gasteiger partial charge in [0.15, 0.2) is 0 Å². The number of carbonyl (C=O) groups excluding carboxylic acids is 1. The minimum absolute atomic E-state index is 0.171. The molecule has 2 amide bonds. The summed E-state index contributed by atoms with van der Waals surface area (Å²) in [5.74, 6) is 0.0731. The molecule has 38 heavy (non-hydrogen) atoms. The molecule has 4 aromatic rings. The van der Waals surface area contributed by atoms with Gasteiger partial charge < -0.3 is 19.8 Å². The Hall–Kier alpha value is -4.30. The Balaban J connectivity index is 1.35. The summed E-state index contributed by atoms with van der Waals surface area (Å²) in [4.78, 5) is 34.4. The fourth-order valence-corrected chi connectivity index (χ4v) is 4.54. The van der Waals surface area contributed by atoms with Gasteiger partial charge in [0.2, 0.25) is 11.7 Å². The number of fused-ring (bicyclic) bond motifs is 1. The van der Waals surface area contributed by atoms with Gasteiger partial charge in [0, 0.05) is 30.0 Å². The number of hydrogen-bond acceptors (Lipinski definition) is 9. The smallest absolute Gasteiger partial charge is 0.407 e. The number of rotatable bonds is 7. The van der Waals surface area contributed by atoms with Crippen molar-refractivity contribution < 1.29 is 31.8 Å². The van der Waals surface area contributed by atoms with Crippen LogP contribution in [-0.2, 0) is 20.9 Å². The number of hydrogen-bond donors (Lipinski definition) is 2. The van der Waals surface area contributed by atoms with Gasteiger partial charge in [-0.15, -0.1) is 0 Å². The van der Waals surface area contributed by atoms with E-state index in [0.29, 0.717) is 34.2 Å². The van der Waals surface area contributed by atoms with Crippen molar-refractivity contribution in [3.63, 3.8) is 0 Å². The molecule has 0 spiro atoms. The average molecular weight is 541 g/mol. The number of carbonyl (C=O) groups is 2. The lowest BCUT2D eigenvalue weighted by atomic mass is 9.90. The summed E-state index contributed by atoms with van der Waals surface area (Å²) >= 11 is 0. The molecule has 0 bridgehead atoms. The van der Waals surface area contributed by atoms with E-state index in [1.807, 2.05) is 13.0 Å². The Labute approximate surface area is 217 Å². The number of imidazole rings is 1. The van der Waals surface area contributed by atoms with Gasteiger partial charge in [-0.05, 0) is 37.1 Å². The summed E-state index contributed by atoms with van der Waals surface area (Å²) in [7, 11) is -3.62. The molecule has 2 N–H and O–H groups in total. The van der Waals surface area contributed by atoms with Crippen LogP contribution in [0.2, 0.25) is 0 Å². The van der Waals surface area contributed by atoms with Crippen molar-refractivity contribution in [2.24, 2.45) is 0 Å². The van der Waals surface area contributed by atoms with Crippen LogP contribution < -0.4 is 5.32 Å². The standard InChI is InChI=1S/C24H24N6O7S/c1-13-4-6-16(21-27-23(37-28-21)17-11-29(14(17)2)24(32)33)8-18(13)26-22(31)19-9-25-20-7-5-15(10-30(19)20)12-36-38(3,34)35/h4-10,14,17H,11-12H2,1-3H3,(H,26,31)(H,32,33). The Morgan fingerprint density at radius 1 is 1.26 bits per heavy atom. The second-order valence-electron chi connectivity index (χ2n) is 9.10. The second-order valence-corrected chi connectivity index (χ2v) is 10.7. The predicted molar refractivity (Wildman–Crippen MR) is 134 cm³/mol. The maximum absolute atomic E-state index is 13.2. The minimum atomic E-state index is -3.62. The highest BCUT2D eigenvalue weighted by Gasteiger charge is 2.43. The van der Waals surface area contributed by atoms with Gasteiger partial charge >= 0.3 is 6.09 Å². The lowest BCUT2D eigenvalue weighted by Crippen LogP contribution is -2.55. The third kappa shape index (κ3) is 4.95. The zero-order valence-electron chi connectivity index (χ0n) is 20.7. The van der Waals surface area contributed by atoms with E-state index < -0.39 is 22.1 Å². The van der Waals surface area contributed by atoms with Crippen LogP contribution in [0.5, 0.6) is 0 Å². The van der Waals surface area contributed by atoms with Crippen LogP contribution in [0.3, 0.4) is 0 Å². The van der Waals surface area contributed by atoms with Crippen LogP contribution in [0, 0.1) is 6.92 Å². The van der Waals surface area contributed by atoms with Crippen LogP contribution in [0.1, 0.15) is 40.3 Å². The first kappa shape index (κ1) is 25.4. The van der Waals surface area contributed by atoms with Crippen molar-refractivity contribution in [3.8, 4) is 11.4 Å². The molecule has 0 saturated carbocycles. The van der Waals surface area contributed by atoms with Crippen molar-refractivity contribution in [3.05, 3.63) is 65.4 Å². The number of aryl methyl sites for hydroxylation is 1. The van der Waals surface area contributed by atoms with Crippen LogP contribution in [0.4, 0.5) is 10.5 Å². The molecule has 1 saturated heterocycles. The molecular formula is C24H24N6O7S. The summed E-state index contributed by atoms with van der Waals surface area (Å²) in [6.45, 7) is 3.74. The van der Waals surface area contributed by atoms with Crippen LogP contribution in [0.25, 0.3) is 17.0 Å². The number of nitrogens with zero attached hydrogens (tertiary/aromatic N) is 5. The van der Waals surface area contributed by atoms with Crippen molar-refractivity contribution in [1.29, 1.82) is 0 Å². The summed E-state index contributed by atoms with van der Waals surface area (Å²) in [5, 5.41) is 16.1. The molecule has 1 aromatic carbocycles. The van der Waals surface area contributed by atoms with Crippen molar-refractivity contribution in [2.75, 3.05) is 18.1 Å². The number of aromatic nitrogens is 4. The Morgan fingerprint density at radius 2 is 2.05 bits per heavy atom. The monoisotopic (exact) mass is 540 g/mol. The molecule has 3 aromatic heterocycles. The molecule has 198 valence electrons. The highest BCUT2D eigenvalue weighted by molar-refractivity contribution is 7.85. The number of anilines is 1. The maximum Gasteiger partial charge on any atom is 0.407 e. The van der Waals surface area contributed by atoms with Gasteiger partial charge in [-0.2, -0.15) is 13.4 Å². The number of benzene rings is 1. The maximum atomic E-state index is 13.2. The van der Waals surface area contributed by atoms with Gasteiger partial charge in [-0.25, -0.2) is 9.78 Å². The van der Waals surface area contributed by atoms with E-state index in [9.17, 15) is 18.0 Å². The molecule has 0 radical (unpaired) electrons. The molecule has 0 aliphatic carbocycles. The first-order chi connectivity index (χ1) is 18.0. The number of pyridine rings is 1. The molecule has 5 rings (SSSR count). The van der Waals surface area contributed by atoms with Gasteiger partial charge in [-0.3, -0.25) is 13.4 Å². The van der Waals surface area contributed by atoms with Crippen molar-refractivity contribution in [1.82, 2.24) is 24.4 Å². The largest absolute Gasteiger partial charge is 0.465 e. The molecule has 14 heteroatoms. The van der Waals surface area contributed by atoms with E-state index in [4.69, 9.17) is 13.8 Å². The molecule has 4 heterocycles. The molecule has 1 aliphatic rings. The third-order valence-corrected chi connectivity index (χ3v) is 7.00. The summed E-state index contributed by atoms with van der Waals surface area (Å²) in [6.07, 6.45) is 3.00. The average Bonchev–Trinajstić information content (AvgIpc) is 3.50.